The molecular formula is C30H36BrNO6. The van der Waals surface area contributed by atoms with E-state index in [4.69, 9.17) is 14.2 Å². The number of carbonyl (C=O) groups is 3. The van der Waals surface area contributed by atoms with E-state index in [1.807, 2.05) is 4.90 Å². The smallest absolute Gasteiger partial charge is 0.340 e. The predicted octanol–water partition coefficient (Wildman–Crippen LogP) is 6.96. The largest absolute Gasteiger partial charge is 0.465 e. The summed E-state index contributed by atoms with van der Waals surface area (Å²) in [5, 5.41) is 0. The molecule has 0 aromatic heterocycles. The lowest BCUT2D eigenvalue weighted by Gasteiger charge is -2.40. The van der Waals surface area contributed by atoms with Crippen molar-refractivity contribution in [3.8, 4) is 11.5 Å². The number of esters is 1. The van der Waals surface area contributed by atoms with Gasteiger partial charge >= 0.3 is 5.97 Å². The average Bonchev–Trinajstić information content (AvgIpc) is 2.95. The highest BCUT2D eigenvalue weighted by atomic mass is 79.9. The molecule has 0 aliphatic heterocycles. The van der Waals surface area contributed by atoms with Crippen molar-refractivity contribution in [2.24, 2.45) is 11.8 Å². The van der Waals surface area contributed by atoms with Gasteiger partial charge in [-0.25, -0.2) is 4.79 Å². The molecule has 1 amide bonds. The van der Waals surface area contributed by atoms with Crippen LogP contribution in [0.25, 0.3) is 0 Å². The number of benzene rings is 2. The minimum atomic E-state index is -0.526. The minimum absolute atomic E-state index is 0.0199. The van der Waals surface area contributed by atoms with Gasteiger partial charge in [0.15, 0.2) is 0 Å². The van der Waals surface area contributed by atoms with E-state index >= 15 is 0 Å². The molecule has 7 nitrogen and oxygen atoms in total. The third kappa shape index (κ3) is 6.46. The van der Waals surface area contributed by atoms with Gasteiger partial charge in [0.2, 0.25) is 5.91 Å². The van der Waals surface area contributed by atoms with Gasteiger partial charge in [-0.1, -0.05) is 6.92 Å². The van der Waals surface area contributed by atoms with Gasteiger partial charge in [-0.05, 0) is 110 Å². The summed E-state index contributed by atoms with van der Waals surface area (Å²) < 4.78 is 17.4. The van der Waals surface area contributed by atoms with Gasteiger partial charge in [-0.2, -0.15) is 0 Å². The van der Waals surface area contributed by atoms with Crippen LogP contribution in [0.3, 0.4) is 0 Å². The molecule has 0 N–H and O–H groups in total. The molecule has 2 aliphatic carbocycles. The fourth-order valence-corrected chi connectivity index (χ4v) is 6.08. The molecule has 2 saturated carbocycles. The summed E-state index contributed by atoms with van der Waals surface area (Å²) in [7, 11) is 3.07. The van der Waals surface area contributed by atoms with Gasteiger partial charge in [0.1, 0.15) is 17.8 Å². The van der Waals surface area contributed by atoms with Crippen LogP contribution in [0.1, 0.15) is 79.0 Å². The number of aldehydes is 1. The Morgan fingerprint density at radius 2 is 1.66 bits per heavy atom. The molecule has 2 aliphatic rings. The monoisotopic (exact) mass is 585 g/mol. The lowest BCUT2D eigenvalue weighted by Crippen LogP contribution is -2.47. The fourth-order valence-electron chi connectivity index (χ4n) is 5.60. The Morgan fingerprint density at radius 3 is 2.26 bits per heavy atom. The second kappa shape index (κ2) is 12.9. The first-order valence-corrected chi connectivity index (χ1v) is 14.1. The molecule has 0 spiro atoms. The number of hydrogen-bond donors (Lipinski definition) is 0. The van der Waals surface area contributed by atoms with Crippen LogP contribution in [0, 0.1) is 11.8 Å². The zero-order valence-electron chi connectivity index (χ0n) is 22.3. The Balaban J connectivity index is 1.70. The molecule has 8 heteroatoms. The third-order valence-electron chi connectivity index (χ3n) is 7.90. The number of amides is 1. The number of ether oxygens (including phenoxy) is 3. The number of carbonyl (C=O) groups excluding carboxylic acids is 3. The Labute approximate surface area is 232 Å². The molecule has 0 saturated heterocycles. The van der Waals surface area contributed by atoms with E-state index in [0.717, 1.165) is 57.7 Å². The molecule has 38 heavy (non-hydrogen) atoms. The molecule has 0 radical (unpaired) electrons. The summed E-state index contributed by atoms with van der Waals surface area (Å²) in [5.74, 6) is 1.06. The molecule has 2 aromatic rings. The quantitative estimate of drug-likeness (QED) is 0.246. The standard InChI is InChI=1S/C30H36BrNO6/c1-19-4-7-21(8-5-19)29(34)32(22-9-11-23(36-2)12-10-22)27-14-13-24(17-25(27)30(35)37-3)38-28-15-6-20(18-33)16-26(28)31/h6,13-19,21-23H,4-5,7-12H2,1-3H3. The van der Waals surface area contributed by atoms with E-state index in [1.54, 1.807) is 43.5 Å². The normalized spacial score (nSPS) is 23.4. The maximum absolute atomic E-state index is 14.1. The van der Waals surface area contributed by atoms with Gasteiger partial charge in [-0.15, -0.1) is 0 Å². The molecule has 4 rings (SSSR count). The van der Waals surface area contributed by atoms with E-state index < -0.39 is 5.97 Å². The van der Waals surface area contributed by atoms with Crippen molar-refractivity contribution in [1.29, 1.82) is 0 Å². The summed E-state index contributed by atoms with van der Waals surface area (Å²) in [6.45, 7) is 2.24. The molecule has 2 aromatic carbocycles. The Bertz CT molecular complexity index is 1150. The van der Waals surface area contributed by atoms with Crippen LogP contribution in [-0.4, -0.2) is 44.5 Å². The van der Waals surface area contributed by atoms with Gasteiger partial charge in [0.25, 0.3) is 0 Å². The molecule has 2 fully saturated rings. The minimum Gasteiger partial charge on any atom is -0.465 e. The Hall–Kier alpha value is -2.71. The number of rotatable bonds is 8. The van der Waals surface area contributed by atoms with Crippen molar-refractivity contribution in [3.05, 3.63) is 52.0 Å². The summed E-state index contributed by atoms with van der Waals surface area (Å²) in [5.41, 5.74) is 1.37. The third-order valence-corrected chi connectivity index (χ3v) is 8.52. The van der Waals surface area contributed by atoms with Gasteiger partial charge < -0.3 is 19.1 Å². The highest BCUT2D eigenvalue weighted by molar-refractivity contribution is 9.10. The summed E-state index contributed by atoms with van der Waals surface area (Å²) in [6, 6.07) is 10.2. The van der Waals surface area contributed by atoms with E-state index in [9.17, 15) is 14.4 Å². The first-order valence-electron chi connectivity index (χ1n) is 13.3. The molecule has 0 heterocycles. The molecule has 0 atom stereocenters. The zero-order valence-corrected chi connectivity index (χ0v) is 23.9. The highest BCUT2D eigenvalue weighted by Crippen LogP contribution is 2.38. The molecular weight excluding hydrogens is 550 g/mol. The first kappa shape index (κ1) is 28.3. The zero-order chi connectivity index (χ0) is 27.2. The second-order valence-electron chi connectivity index (χ2n) is 10.4. The van der Waals surface area contributed by atoms with E-state index in [2.05, 4.69) is 22.9 Å². The predicted molar refractivity (Wildman–Crippen MR) is 149 cm³/mol. The van der Waals surface area contributed by atoms with Crippen LogP contribution in [0.2, 0.25) is 0 Å². The maximum Gasteiger partial charge on any atom is 0.340 e. The van der Waals surface area contributed by atoms with Gasteiger partial charge in [0.05, 0.1) is 28.9 Å². The summed E-state index contributed by atoms with van der Waals surface area (Å²) in [6.07, 6.45) is 8.11. The van der Waals surface area contributed by atoms with Gasteiger partial charge in [-0.3, -0.25) is 9.59 Å². The van der Waals surface area contributed by atoms with Crippen LogP contribution in [0.4, 0.5) is 5.69 Å². The highest BCUT2D eigenvalue weighted by Gasteiger charge is 2.37. The van der Waals surface area contributed by atoms with Crippen molar-refractivity contribution in [2.75, 3.05) is 19.1 Å². The average molecular weight is 587 g/mol. The van der Waals surface area contributed by atoms with Crippen molar-refractivity contribution in [3.63, 3.8) is 0 Å². The van der Waals surface area contributed by atoms with Crippen molar-refractivity contribution < 1.29 is 28.6 Å². The lowest BCUT2D eigenvalue weighted by molar-refractivity contribution is -0.124. The Morgan fingerprint density at radius 1 is 0.947 bits per heavy atom. The van der Waals surface area contributed by atoms with E-state index in [-0.39, 0.29) is 29.5 Å². The van der Waals surface area contributed by atoms with Gasteiger partial charge in [0, 0.05) is 24.6 Å². The maximum atomic E-state index is 14.1. The van der Waals surface area contributed by atoms with E-state index in [1.165, 1.54) is 7.11 Å². The number of hydrogen-bond acceptors (Lipinski definition) is 6. The summed E-state index contributed by atoms with van der Waals surface area (Å²) in [4.78, 5) is 40.1. The number of halogens is 1. The van der Waals surface area contributed by atoms with E-state index in [0.29, 0.717) is 33.1 Å². The van der Waals surface area contributed by atoms with Crippen LogP contribution < -0.4 is 9.64 Å². The van der Waals surface area contributed by atoms with Crippen LogP contribution >= 0.6 is 15.9 Å². The first-order chi connectivity index (χ1) is 18.3. The Kier molecular flexibility index (Phi) is 9.60. The number of nitrogens with zero attached hydrogens (tertiary/aromatic N) is 1. The molecule has 204 valence electrons. The number of methoxy groups -OCH3 is 2. The summed E-state index contributed by atoms with van der Waals surface area (Å²) >= 11 is 3.44. The van der Waals surface area contributed by atoms with Crippen molar-refractivity contribution in [1.82, 2.24) is 0 Å². The van der Waals surface area contributed by atoms with Crippen molar-refractivity contribution >= 4 is 39.8 Å². The molecule has 0 bridgehead atoms. The topological polar surface area (TPSA) is 82.1 Å². The number of anilines is 1. The van der Waals surface area contributed by atoms with Crippen LogP contribution in [0.5, 0.6) is 11.5 Å². The molecule has 0 unspecified atom stereocenters. The van der Waals surface area contributed by atoms with Crippen LogP contribution in [-0.2, 0) is 14.3 Å². The SMILES string of the molecule is COC(=O)c1cc(Oc2ccc(C=O)cc2Br)ccc1N(C(=O)C1CCC(C)CC1)C1CCC(OC)CC1. The lowest BCUT2D eigenvalue weighted by atomic mass is 9.81. The second-order valence-corrected chi connectivity index (χ2v) is 11.3. The van der Waals surface area contributed by atoms with Crippen LogP contribution in [0.15, 0.2) is 40.9 Å². The van der Waals surface area contributed by atoms with Crippen molar-refractivity contribution in [2.45, 2.75) is 70.4 Å². The fraction of sp³-hybridized carbons (Fsp3) is 0.500.